The van der Waals surface area contributed by atoms with Crippen molar-refractivity contribution in [2.45, 2.75) is 39.0 Å². The Bertz CT molecular complexity index is 1150. The molecule has 0 saturated carbocycles. The number of fused-ring (bicyclic) bond motifs is 1. The second-order valence-corrected chi connectivity index (χ2v) is 8.68. The molecule has 0 spiro atoms. The fraction of sp³-hybridized carbons (Fsp3) is 0.429. The fourth-order valence-corrected chi connectivity index (χ4v) is 3.46. The Morgan fingerprint density at radius 3 is 2.65 bits per heavy atom. The lowest BCUT2D eigenvalue weighted by Gasteiger charge is -2.36. The number of nitrogens with zero attached hydrogens (tertiary/aromatic N) is 5. The second kappa shape index (κ2) is 8.12. The lowest BCUT2D eigenvalue weighted by atomic mass is 10.1. The number of hydrogen-bond donors (Lipinski definition) is 4. The van der Waals surface area contributed by atoms with E-state index in [1.165, 1.54) is 10.9 Å². The van der Waals surface area contributed by atoms with Gasteiger partial charge in [0.15, 0.2) is 0 Å². The highest BCUT2D eigenvalue weighted by Crippen LogP contribution is 2.27. The maximum atomic E-state index is 13.0. The SMILES string of the molecule is CC(C)(C)Nc1nc(Nc2cc(N3CC(O)C3)ncn2)cc2ccn(CCO)c(=O)c12. The summed E-state index contributed by atoms with van der Waals surface area (Å²) in [6, 6.07) is 5.43. The summed E-state index contributed by atoms with van der Waals surface area (Å²) in [5, 5.41) is 26.5. The summed E-state index contributed by atoms with van der Waals surface area (Å²) in [6.45, 7) is 7.17. The topological polar surface area (TPSA) is 128 Å². The van der Waals surface area contributed by atoms with Crippen molar-refractivity contribution in [2.75, 3.05) is 35.2 Å². The van der Waals surface area contributed by atoms with Gasteiger partial charge >= 0.3 is 0 Å². The molecule has 3 aromatic rings. The van der Waals surface area contributed by atoms with Crippen LogP contribution in [0.15, 0.2) is 35.5 Å². The second-order valence-electron chi connectivity index (χ2n) is 8.68. The first-order valence-electron chi connectivity index (χ1n) is 10.2. The van der Waals surface area contributed by atoms with Crippen molar-refractivity contribution in [3.63, 3.8) is 0 Å². The summed E-state index contributed by atoms with van der Waals surface area (Å²) < 4.78 is 1.48. The molecule has 1 aliphatic rings. The van der Waals surface area contributed by atoms with E-state index >= 15 is 0 Å². The molecule has 1 saturated heterocycles. The number of nitrogens with one attached hydrogen (secondary N) is 2. The molecule has 4 N–H and O–H groups in total. The van der Waals surface area contributed by atoms with E-state index in [2.05, 4.69) is 25.6 Å². The van der Waals surface area contributed by atoms with Gasteiger partial charge in [-0.05, 0) is 38.3 Å². The summed E-state index contributed by atoms with van der Waals surface area (Å²) >= 11 is 0. The number of β-amino-alcohol motifs (C(OH)–C–C–N with tert-alkyl or cyclic N) is 1. The normalized spacial score (nSPS) is 14.5. The maximum absolute atomic E-state index is 13.0. The van der Waals surface area contributed by atoms with E-state index in [0.717, 1.165) is 11.2 Å². The van der Waals surface area contributed by atoms with E-state index in [1.807, 2.05) is 31.7 Å². The largest absolute Gasteiger partial charge is 0.395 e. The van der Waals surface area contributed by atoms with Crippen LogP contribution >= 0.6 is 0 Å². The van der Waals surface area contributed by atoms with Gasteiger partial charge in [-0.2, -0.15) is 0 Å². The van der Waals surface area contributed by atoms with Gasteiger partial charge in [0.05, 0.1) is 18.1 Å². The third-order valence-corrected chi connectivity index (χ3v) is 4.89. The van der Waals surface area contributed by atoms with Crippen LogP contribution in [0.25, 0.3) is 10.8 Å². The van der Waals surface area contributed by atoms with Gasteiger partial charge in [-0.1, -0.05) is 0 Å². The van der Waals surface area contributed by atoms with Crippen LogP contribution in [0.2, 0.25) is 0 Å². The maximum Gasteiger partial charge on any atom is 0.262 e. The van der Waals surface area contributed by atoms with Crippen LogP contribution in [0, 0.1) is 0 Å². The van der Waals surface area contributed by atoms with Crippen LogP contribution in [0.1, 0.15) is 20.8 Å². The van der Waals surface area contributed by atoms with Gasteiger partial charge in [-0.25, -0.2) is 15.0 Å². The molecule has 0 atom stereocenters. The van der Waals surface area contributed by atoms with E-state index in [0.29, 0.717) is 35.9 Å². The molecular formula is C21H27N7O3. The number of pyridine rings is 2. The molecule has 0 aliphatic carbocycles. The quantitative estimate of drug-likeness (QED) is 0.462. The van der Waals surface area contributed by atoms with Gasteiger partial charge in [0.2, 0.25) is 0 Å². The van der Waals surface area contributed by atoms with Gasteiger partial charge in [-0.3, -0.25) is 4.79 Å². The molecule has 1 fully saturated rings. The van der Waals surface area contributed by atoms with Crippen LogP contribution < -0.4 is 21.1 Å². The van der Waals surface area contributed by atoms with Crippen molar-refractivity contribution in [3.05, 3.63) is 41.1 Å². The molecule has 10 nitrogen and oxygen atoms in total. The number of rotatable bonds is 6. The fourth-order valence-electron chi connectivity index (χ4n) is 3.46. The van der Waals surface area contributed by atoms with E-state index < -0.39 is 0 Å². The minimum Gasteiger partial charge on any atom is -0.395 e. The zero-order valence-electron chi connectivity index (χ0n) is 17.8. The first kappa shape index (κ1) is 21.0. The summed E-state index contributed by atoms with van der Waals surface area (Å²) in [5.74, 6) is 2.29. The third-order valence-electron chi connectivity index (χ3n) is 4.89. The van der Waals surface area contributed by atoms with E-state index in [-0.39, 0.29) is 30.4 Å². The lowest BCUT2D eigenvalue weighted by Crippen LogP contribution is -2.51. The number of anilines is 4. The molecule has 0 unspecified atom stereocenters. The molecule has 0 aromatic carbocycles. The smallest absolute Gasteiger partial charge is 0.262 e. The summed E-state index contributed by atoms with van der Waals surface area (Å²) in [6.07, 6.45) is 2.81. The van der Waals surface area contributed by atoms with E-state index in [4.69, 9.17) is 0 Å². The number of hydrogen-bond acceptors (Lipinski definition) is 9. The third kappa shape index (κ3) is 4.59. The molecule has 4 rings (SSSR count). The van der Waals surface area contributed by atoms with Crippen LogP contribution in [0.3, 0.4) is 0 Å². The molecule has 4 heterocycles. The molecule has 0 bridgehead atoms. The van der Waals surface area contributed by atoms with Crippen LogP contribution in [0.5, 0.6) is 0 Å². The van der Waals surface area contributed by atoms with Crippen molar-refractivity contribution in [1.29, 1.82) is 0 Å². The predicted molar refractivity (Wildman–Crippen MR) is 120 cm³/mol. The average Bonchev–Trinajstić information content (AvgIpc) is 2.66. The summed E-state index contributed by atoms with van der Waals surface area (Å²) in [5.41, 5.74) is -0.527. The molecule has 3 aromatic heterocycles. The molecule has 10 heteroatoms. The summed E-state index contributed by atoms with van der Waals surface area (Å²) in [4.78, 5) is 28.1. The Balaban J connectivity index is 1.72. The van der Waals surface area contributed by atoms with Gasteiger partial charge in [-0.15, -0.1) is 0 Å². The standard InChI is InChI=1S/C21H27N7O3/c1-21(2,3)26-19-18-13(4-5-27(6-7-29)20(18)31)8-16(25-19)24-15-9-17(23-12-22-15)28-10-14(30)11-28/h4-5,8-9,12,14,29-30H,6-7,10-11H2,1-3H3,(H2,22,23,24,25,26). The van der Waals surface area contributed by atoms with Crippen molar-refractivity contribution in [2.24, 2.45) is 0 Å². The highest BCUT2D eigenvalue weighted by Gasteiger charge is 2.25. The first-order valence-corrected chi connectivity index (χ1v) is 10.2. The summed E-state index contributed by atoms with van der Waals surface area (Å²) in [7, 11) is 0. The Labute approximate surface area is 179 Å². The van der Waals surface area contributed by atoms with Crippen LogP contribution in [-0.4, -0.2) is 61.1 Å². The molecule has 164 valence electrons. The molecule has 1 aliphatic heterocycles. The van der Waals surface area contributed by atoms with Crippen molar-refractivity contribution < 1.29 is 10.2 Å². The molecule has 31 heavy (non-hydrogen) atoms. The minimum atomic E-state index is -0.325. The van der Waals surface area contributed by atoms with Gasteiger partial charge in [0.1, 0.15) is 29.6 Å². The predicted octanol–water partition coefficient (Wildman–Crippen LogP) is 1.31. The van der Waals surface area contributed by atoms with Crippen molar-refractivity contribution >= 4 is 34.0 Å². The van der Waals surface area contributed by atoms with Crippen LogP contribution in [-0.2, 0) is 6.54 Å². The Kier molecular flexibility index (Phi) is 5.50. The van der Waals surface area contributed by atoms with E-state index in [1.54, 1.807) is 18.3 Å². The van der Waals surface area contributed by atoms with E-state index in [9.17, 15) is 15.0 Å². The number of aliphatic hydroxyl groups excluding tert-OH is 2. The zero-order chi connectivity index (χ0) is 22.2. The van der Waals surface area contributed by atoms with Gasteiger partial charge in [0, 0.05) is 37.4 Å². The number of aliphatic hydroxyl groups is 2. The average molecular weight is 425 g/mol. The van der Waals surface area contributed by atoms with Crippen molar-refractivity contribution in [3.8, 4) is 0 Å². The Hall–Kier alpha value is -3.24. The molecule has 0 radical (unpaired) electrons. The monoisotopic (exact) mass is 425 g/mol. The number of aromatic nitrogens is 4. The Morgan fingerprint density at radius 2 is 1.97 bits per heavy atom. The van der Waals surface area contributed by atoms with Crippen LogP contribution in [0.4, 0.5) is 23.3 Å². The van der Waals surface area contributed by atoms with Gasteiger partial charge in [0.25, 0.3) is 5.56 Å². The van der Waals surface area contributed by atoms with Gasteiger partial charge < -0.3 is 30.3 Å². The zero-order valence-corrected chi connectivity index (χ0v) is 17.8. The highest BCUT2D eigenvalue weighted by molar-refractivity contribution is 5.93. The molecular weight excluding hydrogens is 398 g/mol. The first-order chi connectivity index (χ1) is 14.7. The highest BCUT2D eigenvalue weighted by atomic mass is 16.3. The van der Waals surface area contributed by atoms with Crippen molar-refractivity contribution in [1.82, 2.24) is 19.5 Å². The molecule has 0 amide bonds. The minimum absolute atomic E-state index is 0.120. The Morgan fingerprint density at radius 1 is 1.19 bits per heavy atom. The lowest BCUT2D eigenvalue weighted by molar-refractivity contribution is 0.141.